The highest BCUT2D eigenvalue weighted by Gasteiger charge is 2.34. The normalized spacial score (nSPS) is 40.5. The molecule has 1 nitrogen and oxygen atoms in total. The molecule has 1 aliphatic carbocycles. The van der Waals surface area contributed by atoms with Gasteiger partial charge in [-0.2, -0.15) is 0 Å². The lowest BCUT2D eigenvalue weighted by Gasteiger charge is -2.30. The Kier molecular flexibility index (Phi) is 2.35. The molecular weight excluding hydrogens is 122 g/mol. The van der Waals surface area contributed by atoms with Gasteiger partial charge in [0, 0.05) is 5.54 Å². The molecule has 10 heavy (non-hydrogen) atoms. The van der Waals surface area contributed by atoms with Gasteiger partial charge in [0.1, 0.15) is 0 Å². The molecule has 1 saturated carbocycles. The molecule has 1 heteroatoms. The standard InChI is InChI=1S/C9H19N/c1-4-10-9(3)7-5-6-8(9)2/h8,10H,4-7H2,1-3H3. The molecule has 2 unspecified atom stereocenters. The predicted octanol–water partition coefficient (Wildman–Crippen LogP) is 2.17. The van der Waals surface area contributed by atoms with Crippen LogP contribution in [0.3, 0.4) is 0 Å². The lowest BCUT2D eigenvalue weighted by molar-refractivity contribution is 0.292. The number of rotatable bonds is 2. The molecule has 1 rings (SSSR count). The van der Waals surface area contributed by atoms with E-state index in [9.17, 15) is 0 Å². The van der Waals surface area contributed by atoms with Crippen molar-refractivity contribution in [3.05, 3.63) is 0 Å². The molecule has 0 amide bonds. The molecule has 0 saturated heterocycles. The molecule has 1 aliphatic rings. The van der Waals surface area contributed by atoms with Crippen molar-refractivity contribution in [2.45, 2.75) is 45.6 Å². The van der Waals surface area contributed by atoms with E-state index >= 15 is 0 Å². The Morgan fingerprint density at radius 2 is 2.30 bits per heavy atom. The van der Waals surface area contributed by atoms with E-state index in [0.29, 0.717) is 5.54 Å². The van der Waals surface area contributed by atoms with Crippen molar-refractivity contribution >= 4 is 0 Å². The monoisotopic (exact) mass is 141 g/mol. The fraction of sp³-hybridized carbons (Fsp3) is 1.00. The third kappa shape index (κ3) is 1.34. The summed E-state index contributed by atoms with van der Waals surface area (Å²) < 4.78 is 0. The minimum atomic E-state index is 0.453. The first kappa shape index (κ1) is 8.06. The number of hydrogen-bond donors (Lipinski definition) is 1. The second-order valence-electron chi connectivity index (χ2n) is 3.74. The van der Waals surface area contributed by atoms with Crippen LogP contribution in [0.1, 0.15) is 40.0 Å². The van der Waals surface area contributed by atoms with Crippen LogP contribution >= 0.6 is 0 Å². The molecule has 1 fully saturated rings. The maximum atomic E-state index is 3.57. The van der Waals surface area contributed by atoms with E-state index in [1.165, 1.54) is 19.3 Å². The average molecular weight is 141 g/mol. The summed E-state index contributed by atoms with van der Waals surface area (Å²) in [7, 11) is 0. The zero-order valence-electron chi connectivity index (χ0n) is 7.41. The first-order valence-corrected chi connectivity index (χ1v) is 4.44. The van der Waals surface area contributed by atoms with Gasteiger partial charge in [-0.3, -0.25) is 0 Å². The SMILES string of the molecule is CCNC1(C)CCCC1C. The van der Waals surface area contributed by atoms with Crippen molar-refractivity contribution in [2.75, 3.05) is 6.54 Å². The quantitative estimate of drug-likeness (QED) is 0.621. The molecule has 0 bridgehead atoms. The summed E-state index contributed by atoms with van der Waals surface area (Å²) in [5, 5.41) is 3.57. The van der Waals surface area contributed by atoms with Gasteiger partial charge in [-0.05, 0) is 32.2 Å². The molecule has 0 aromatic heterocycles. The smallest absolute Gasteiger partial charge is 0.0178 e. The summed E-state index contributed by atoms with van der Waals surface area (Å²) in [5.41, 5.74) is 0.453. The lowest BCUT2D eigenvalue weighted by atomic mass is 9.91. The molecule has 0 aromatic carbocycles. The van der Waals surface area contributed by atoms with Gasteiger partial charge in [-0.1, -0.05) is 20.3 Å². The van der Waals surface area contributed by atoms with E-state index in [-0.39, 0.29) is 0 Å². The zero-order valence-corrected chi connectivity index (χ0v) is 7.41. The van der Waals surface area contributed by atoms with Crippen LogP contribution in [0.15, 0.2) is 0 Å². The van der Waals surface area contributed by atoms with Crippen molar-refractivity contribution in [3.63, 3.8) is 0 Å². The molecule has 0 spiro atoms. The first-order chi connectivity index (χ1) is 4.69. The summed E-state index contributed by atoms with van der Waals surface area (Å²) in [6.45, 7) is 8.01. The van der Waals surface area contributed by atoms with Crippen LogP contribution in [-0.2, 0) is 0 Å². The third-order valence-electron chi connectivity index (χ3n) is 3.00. The van der Waals surface area contributed by atoms with E-state index in [1.807, 2.05) is 0 Å². The Balaban J connectivity index is 2.48. The summed E-state index contributed by atoms with van der Waals surface area (Å²) in [6, 6.07) is 0. The van der Waals surface area contributed by atoms with Crippen molar-refractivity contribution in [2.24, 2.45) is 5.92 Å². The lowest BCUT2D eigenvalue weighted by Crippen LogP contribution is -2.44. The molecule has 0 heterocycles. The van der Waals surface area contributed by atoms with E-state index in [0.717, 1.165) is 12.5 Å². The van der Waals surface area contributed by atoms with Gasteiger partial charge in [-0.15, -0.1) is 0 Å². The summed E-state index contributed by atoms with van der Waals surface area (Å²) in [4.78, 5) is 0. The maximum Gasteiger partial charge on any atom is 0.0178 e. The fourth-order valence-electron chi connectivity index (χ4n) is 2.01. The maximum absolute atomic E-state index is 3.57. The minimum Gasteiger partial charge on any atom is -0.312 e. The molecular formula is C9H19N. The van der Waals surface area contributed by atoms with Crippen LogP contribution in [-0.4, -0.2) is 12.1 Å². The van der Waals surface area contributed by atoms with Crippen LogP contribution in [0.25, 0.3) is 0 Å². The van der Waals surface area contributed by atoms with Crippen LogP contribution in [0.5, 0.6) is 0 Å². The van der Waals surface area contributed by atoms with Gasteiger partial charge in [-0.25, -0.2) is 0 Å². The summed E-state index contributed by atoms with van der Waals surface area (Å²) in [6.07, 6.45) is 4.18. The Labute approximate surface area is 64.2 Å². The minimum absolute atomic E-state index is 0.453. The summed E-state index contributed by atoms with van der Waals surface area (Å²) >= 11 is 0. The van der Waals surface area contributed by atoms with Crippen molar-refractivity contribution in [1.29, 1.82) is 0 Å². The molecule has 60 valence electrons. The van der Waals surface area contributed by atoms with Crippen LogP contribution in [0.2, 0.25) is 0 Å². The van der Waals surface area contributed by atoms with Gasteiger partial charge in [0.2, 0.25) is 0 Å². The van der Waals surface area contributed by atoms with Crippen molar-refractivity contribution in [3.8, 4) is 0 Å². The van der Waals surface area contributed by atoms with Crippen molar-refractivity contribution < 1.29 is 0 Å². The Hall–Kier alpha value is -0.0400. The van der Waals surface area contributed by atoms with E-state index in [4.69, 9.17) is 0 Å². The third-order valence-corrected chi connectivity index (χ3v) is 3.00. The van der Waals surface area contributed by atoms with E-state index in [2.05, 4.69) is 26.1 Å². The molecule has 0 aromatic rings. The highest BCUT2D eigenvalue weighted by molar-refractivity contribution is 4.92. The van der Waals surface area contributed by atoms with Gasteiger partial charge in [0.15, 0.2) is 0 Å². The van der Waals surface area contributed by atoms with Crippen molar-refractivity contribution in [1.82, 2.24) is 5.32 Å². The first-order valence-electron chi connectivity index (χ1n) is 4.44. The summed E-state index contributed by atoms with van der Waals surface area (Å²) in [5.74, 6) is 0.868. The van der Waals surface area contributed by atoms with Gasteiger partial charge in [0.05, 0.1) is 0 Å². The second-order valence-corrected chi connectivity index (χ2v) is 3.74. The fourth-order valence-corrected chi connectivity index (χ4v) is 2.01. The van der Waals surface area contributed by atoms with Crippen LogP contribution in [0, 0.1) is 5.92 Å². The number of hydrogen-bond acceptors (Lipinski definition) is 1. The highest BCUT2D eigenvalue weighted by atomic mass is 15.0. The van der Waals surface area contributed by atoms with Crippen LogP contribution < -0.4 is 5.32 Å². The highest BCUT2D eigenvalue weighted by Crippen LogP contribution is 2.34. The van der Waals surface area contributed by atoms with Gasteiger partial charge >= 0.3 is 0 Å². The van der Waals surface area contributed by atoms with Gasteiger partial charge in [0.25, 0.3) is 0 Å². The molecule has 1 N–H and O–H groups in total. The largest absolute Gasteiger partial charge is 0.312 e. The Morgan fingerprint density at radius 3 is 2.70 bits per heavy atom. The van der Waals surface area contributed by atoms with Crippen LogP contribution in [0.4, 0.5) is 0 Å². The van der Waals surface area contributed by atoms with Gasteiger partial charge < -0.3 is 5.32 Å². The number of nitrogens with one attached hydrogen (secondary N) is 1. The van der Waals surface area contributed by atoms with E-state index in [1.54, 1.807) is 0 Å². The molecule has 0 aliphatic heterocycles. The average Bonchev–Trinajstić information content (AvgIpc) is 2.15. The molecule has 2 atom stereocenters. The second kappa shape index (κ2) is 2.91. The topological polar surface area (TPSA) is 12.0 Å². The zero-order chi connectivity index (χ0) is 7.61. The van der Waals surface area contributed by atoms with E-state index < -0.39 is 0 Å². The Morgan fingerprint density at radius 1 is 1.60 bits per heavy atom. The predicted molar refractivity (Wildman–Crippen MR) is 45.1 cm³/mol. The Bertz CT molecular complexity index is 111. The molecule has 0 radical (unpaired) electrons.